The Morgan fingerprint density at radius 3 is 2.52 bits per heavy atom. The Morgan fingerprint density at radius 1 is 1.24 bits per heavy atom. The summed E-state index contributed by atoms with van der Waals surface area (Å²) in [5, 5.41) is 7.05. The van der Waals surface area contributed by atoms with Gasteiger partial charge in [-0.15, -0.1) is 0 Å². The van der Waals surface area contributed by atoms with Gasteiger partial charge < -0.3 is 0 Å². The maximum Gasteiger partial charge on any atom is 0.0596 e. The van der Waals surface area contributed by atoms with Crippen LogP contribution in [0.2, 0.25) is 5.02 Å². The molecule has 2 aromatic rings. The normalized spacial score (nSPS) is 11.9. The lowest BCUT2D eigenvalue weighted by Crippen LogP contribution is -2.34. The molecular formula is C16H19Br2ClN2. The van der Waals surface area contributed by atoms with Crippen LogP contribution in [0.1, 0.15) is 23.9 Å². The SMILES string of the molecule is CCn1nc(C)cc1CC(CBr)(CBr)c1cccc(Cl)c1. The minimum atomic E-state index is -0.0374. The number of aryl methyl sites for hydroxylation is 2. The van der Waals surface area contributed by atoms with Crippen molar-refractivity contribution >= 4 is 43.5 Å². The second-order valence-corrected chi connectivity index (χ2v) is 6.89. The first-order chi connectivity index (χ1) is 10.0. The Balaban J connectivity index is 2.42. The first-order valence-electron chi connectivity index (χ1n) is 6.96. The van der Waals surface area contributed by atoms with Gasteiger partial charge in [-0.05, 0) is 37.6 Å². The molecule has 0 saturated heterocycles. The van der Waals surface area contributed by atoms with E-state index >= 15 is 0 Å². The van der Waals surface area contributed by atoms with Crippen molar-refractivity contribution in [3.63, 3.8) is 0 Å². The summed E-state index contributed by atoms with van der Waals surface area (Å²) in [5.41, 5.74) is 3.53. The number of hydrogen-bond acceptors (Lipinski definition) is 1. The van der Waals surface area contributed by atoms with Gasteiger partial charge in [-0.1, -0.05) is 55.6 Å². The first kappa shape index (κ1) is 17.0. The highest BCUT2D eigenvalue weighted by molar-refractivity contribution is 9.09. The summed E-state index contributed by atoms with van der Waals surface area (Å²) in [5.74, 6) is 0. The summed E-state index contributed by atoms with van der Waals surface area (Å²) in [4.78, 5) is 0. The molecule has 0 N–H and O–H groups in total. The van der Waals surface area contributed by atoms with Crippen LogP contribution in [-0.4, -0.2) is 20.4 Å². The van der Waals surface area contributed by atoms with Gasteiger partial charge in [0.25, 0.3) is 0 Å². The zero-order valence-corrected chi connectivity index (χ0v) is 16.2. The number of benzene rings is 1. The number of alkyl halides is 2. The number of aromatic nitrogens is 2. The average Bonchev–Trinajstić information content (AvgIpc) is 2.84. The fraction of sp³-hybridized carbons (Fsp3) is 0.438. The molecular weight excluding hydrogens is 415 g/mol. The fourth-order valence-electron chi connectivity index (χ4n) is 2.57. The van der Waals surface area contributed by atoms with E-state index in [1.165, 1.54) is 11.3 Å². The molecule has 21 heavy (non-hydrogen) atoms. The van der Waals surface area contributed by atoms with Crippen molar-refractivity contribution in [2.24, 2.45) is 0 Å². The Kier molecular flexibility index (Phi) is 5.92. The van der Waals surface area contributed by atoms with Crippen LogP contribution >= 0.6 is 43.5 Å². The third kappa shape index (κ3) is 3.72. The molecule has 0 bridgehead atoms. The fourth-order valence-corrected chi connectivity index (χ4v) is 4.73. The molecule has 0 fully saturated rings. The largest absolute Gasteiger partial charge is 0.270 e. The standard InChI is InChI=1S/C16H19Br2ClN2/c1-3-21-15(7-12(2)20-21)9-16(10-17,11-18)13-5-4-6-14(19)8-13/h4-8H,3,9-11H2,1-2H3. The summed E-state index contributed by atoms with van der Waals surface area (Å²) >= 11 is 13.6. The van der Waals surface area contributed by atoms with Crippen LogP contribution in [0.4, 0.5) is 0 Å². The molecule has 0 amide bonds. The zero-order valence-electron chi connectivity index (χ0n) is 12.2. The van der Waals surface area contributed by atoms with Gasteiger partial charge >= 0.3 is 0 Å². The van der Waals surface area contributed by atoms with E-state index in [1.807, 2.05) is 19.1 Å². The lowest BCUT2D eigenvalue weighted by atomic mass is 9.80. The highest BCUT2D eigenvalue weighted by atomic mass is 79.9. The molecule has 0 unspecified atom stereocenters. The molecule has 5 heteroatoms. The van der Waals surface area contributed by atoms with Crippen LogP contribution in [0.3, 0.4) is 0 Å². The van der Waals surface area contributed by atoms with Gasteiger partial charge in [0.05, 0.1) is 5.69 Å². The van der Waals surface area contributed by atoms with Crippen LogP contribution in [0, 0.1) is 6.92 Å². The van der Waals surface area contributed by atoms with E-state index in [4.69, 9.17) is 11.6 Å². The molecule has 1 aromatic carbocycles. The quantitative estimate of drug-likeness (QED) is 0.576. The van der Waals surface area contributed by atoms with Crippen LogP contribution in [0.15, 0.2) is 30.3 Å². The van der Waals surface area contributed by atoms with Gasteiger partial charge in [0.15, 0.2) is 0 Å². The predicted octanol–water partition coefficient (Wildman–Crippen LogP) is 5.14. The van der Waals surface area contributed by atoms with Crippen LogP contribution in [-0.2, 0) is 18.4 Å². The van der Waals surface area contributed by atoms with E-state index < -0.39 is 0 Å². The molecule has 0 spiro atoms. The Morgan fingerprint density at radius 2 is 1.95 bits per heavy atom. The molecule has 1 aromatic heterocycles. The molecule has 2 rings (SSSR count). The van der Waals surface area contributed by atoms with Crippen molar-refractivity contribution in [3.05, 3.63) is 52.3 Å². The van der Waals surface area contributed by atoms with E-state index in [0.29, 0.717) is 0 Å². The minimum Gasteiger partial charge on any atom is -0.270 e. The van der Waals surface area contributed by atoms with Gasteiger partial charge in [0.1, 0.15) is 0 Å². The van der Waals surface area contributed by atoms with E-state index in [0.717, 1.165) is 34.3 Å². The average molecular weight is 435 g/mol. The van der Waals surface area contributed by atoms with Gasteiger partial charge in [-0.3, -0.25) is 4.68 Å². The summed E-state index contributed by atoms with van der Waals surface area (Å²) in [6.07, 6.45) is 0.915. The van der Waals surface area contributed by atoms with E-state index in [1.54, 1.807) is 0 Å². The summed E-state index contributed by atoms with van der Waals surface area (Å²) in [7, 11) is 0. The van der Waals surface area contributed by atoms with E-state index in [9.17, 15) is 0 Å². The lowest BCUT2D eigenvalue weighted by molar-refractivity contribution is 0.508. The number of nitrogens with zero attached hydrogens (tertiary/aromatic N) is 2. The Bertz CT molecular complexity index is 606. The number of halogens is 3. The van der Waals surface area contributed by atoms with Crippen molar-refractivity contribution in [3.8, 4) is 0 Å². The minimum absolute atomic E-state index is 0.0374. The maximum atomic E-state index is 6.18. The van der Waals surface area contributed by atoms with Crippen LogP contribution in [0.5, 0.6) is 0 Å². The molecule has 2 nitrogen and oxygen atoms in total. The second kappa shape index (κ2) is 7.30. The van der Waals surface area contributed by atoms with Gasteiger partial charge in [0, 0.05) is 39.8 Å². The molecule has 1 heterocycles. The summed E-state index contributed by atoms with van der Waals surface area (Å²) in [6.45, 7) is 5.05. The first-order valence-corrected chi connectivity index (χ1v) is 9.58. The van der Waals surface area contributed by atoms with E-state index in [2.05, 4.69) is 66.8 Å². The topological polar surface area (TPSA) is 17.8 Å². The lowest BCUT2D eigenvalue weighted by Gasteiger charge is -2.31. The molecule has 0 aliphatic carbocycles. The third-order valence-corrected chi connectivity index (χ3v) is 6.13. The van der Waals surface area contributed by atoms with Gasteiger partial charge in [0.2, 0.25) is 0 Å². The van der Waals surface area contributed by atoms with Crippen LogP contribution in [0.25, 0.3) is 0 Å². The van der Waals surface area contributed by atoms with Crippen molar-refractivity contribution in [2.45, 2.75) is 32.2 Å². The highest BCUT2D eigenvalue weighted by Gasteiger charge is 2.32. The van der Waals surface area contributed by atoms with E-state index in [-0.39, 0.29) is 5.41 Å². The third-order valence-electron chi connectivity index (χ3n) is 3.75. The molecule has 0 saturated carbocycles. The second-order valence-electron chi connectivity index (χ2n) is 5.33. The number of rotatable bonds is 6. The Labute approximate surface area is 148 Å². The smallest absolute Gasteiger partial charge is 0.0596 e. The summed E-state index contributed by atoms with van der Waals surface area (Å²) in [6, 6.07) is 10.3. The molecule has 0 aliphatic rings. The zero-order chi connectivity index (χ0) is 15.5. The predicted molar refractivity (Wildman–Crippen MR) is 97.1 cm³/mol. The van der Waals surface area contributed by atoms with Crippen molar-refractivity contribution < 1.29 is 0 Å². The number of hydrogen-bond donors (Lipinski definition) is 0. The highest BCUT2D eigenvalue weighted by Crippen LogP contribution is 2.34. The van der Waals surface area contributed by atoms with Crippen molar-refractivity contribution in [1.82, 2.24) is 9.78 Å². The molecule has 0 aliphatic heterocycles. The maximum absolute atomic E-state index is 6.18. The molecule has 0 atom stereocenters. The van der Waals surface area contributed by atoms with Crippen LogP contribution < -0.4 is 0 Å². The molecule has 114 valence electrons. The van der Waals surface area contributed by atoms with Gasteiger partial charge in [-0.25, -0.2) is 0 Å². The Hall–Kier alpha value is -0.320. The molecule has 0 radical (unpaired) electrons. The van der Waals surface area contributed by atoms with Crippen molar-refractivity contribution in [2.75, 3.05) is 10.7 Å². The van der Waals surface area contributed by atoms with Crippen molar-refractivity contribution in [1.29, 1.82) is 0 Å². The van der Waals surface area contributed by atoms with Gasteiger partial charge in [-0.2, -0.15) is 5.10 Å². The summed E-state index contributed by atoms with van der Waals surface area (Å²) < 4.78 is 2.08. The monoisotopic (exact) mass is 432 g/mol.